The largest absolute Gasteiger partial charge is 0.395 e. The third kappa shape index (κ3) is 4.51. The van der Waals surface area contributed by atoms with E-state index in [9.17, 15) is 14.7 Å². The van der Waals surface area contributed by atoms with Crippen molar-refractivity contribution in [1.82, 2.24) is 10.9 Å². The SMILES string of the molecule is CC1(C)CN(c2ccccc2)NC1=O.CC1(CO)CN(c2ccccc2)NC1=O. The molecule has 1 atom stereocenters. The first kappa shape index (κ1) is 20.7. The van der Waals surface area contributed by atoms with Crippen molar-refractivity contribution in [1.29, 1.82) is 0 Å². The molecule has 2 aliphatic rings. The van der Waals surface area contributed by atoms with Crippen molar-refractivity contribution in [2.24, 2.45) is 10.8 Å². The van der Waals surface area contributed by atoms with Crippen molar-refractivity contribution in [3.05, 3.63) is 60.7 Å². The fourth-order valence-corrected chi connectivity index (χ4v) is 3.15. The standard InChI is InChI=1S/C11H14N2O2.C11H14N2O/c1-11(8-14)7-13(12-10(11)15)9-5-3-2-4-6-9;1-11(2)8-13(12-10(11)14)9-6-4-3-5-7-9/h2-6,14H,7-8H2,1H3,(H,12,15);3-7H,8H2,1-2H3,(H,12,14). The van der Waals surface area contributed by atoms with Gasteiger partial charge in [-0.05, 0) is 45.0 Å². The van der Waals surface area contributed by atoms with Crippen LogP contribution in [-0.4, -0.2) is 36.6 Å². The molecule has 0 saturated carbocycles. The minimum absolute atomic E-state index is 0.0846. The lowest BCUT2D eigenvalue weighted by molar-refractivity contribution is -0.128. The Balaban J connectivity index is 0.000000166. The van der Waals surface area contributed by atoms with Crippen molar-refractivity contribution >= 4 is 23.2 Å². The van der Waals surface area contributed by atoms with Gasteiger partial charge >= 0.3 is 0 Å². The third-order valence-electron chi connectivity index (χ3n) is 5.18. The van der Waals surface area contributed by atoms with Gasteiger partial charge in [-0.2, -0.15) is 0 Å². The van der Waals surface area contributed by atoms with Crippen LogP contribution >= 0.6 is 0 Å². The lowest BCUT2D eigenvalue weighted by Crippen LogP contribution is -2.34. The highest BCUT2D eigenvalue weighted by atomic mass is 16.3. The predicted octanol–water partition coefficient (Wildman–Crippen LogP) is 2.10. The van der Waals surface area contributed by atoms with Crippen LogP contribution in [0, 0.1) is 10.8 Å². The highest BCUT2D eigenvalue weighted by Gasteiger charge is 2.42. The normalized spacial score (nSPS) is 22.6. The summed E-state index contributed by atoms with van der Waals surface area (Å²) in [5.74, 6) is -0.0461. The molecule has 2 aromatic rings. The molecule has 1 unspecified atom stereocenters. The Labute approximate surface area is 171 Å². The zero-order chi connectivity index (χ0) is 21.1. The number of anilines is 2. The molecule has 2 fully saturated rings. The van der Waals surface area contributed by atoms with E-state index >= 15 is 0 Å². The van der Waals surface area contributed by atoms with E-state index in [1.54, 1.807) is 11.9 Å². The Hall–Kier alpha value is -3.06. The van der Waals surface area contributed by atoms with Crippen LogP contribution in [0.4, 0.5) is 11.4 Å². The molecular weight excluding hydrogens is 368 g/mol. The Morgan fingerprint density at radius 3 is 1.62 bits per heavy atom. The summed E-state index contributed by atoms with van der Waals surface area (Å²) in [6, 6.07) is 19.5. The van der Waals surface area contributed by atoms with E-state index in [0.29, 0.717) is 6.54 Å². The zero-order valence-corrected chi connectivity index (χ0v) is 17.1. The van der Waals surface area contributed by atoms with E-state index in [1.165, 1.54) is 0 Å². The first-order valence-electron chi connectivity index (χ1n) is 9.63. The van der Waals surface area contributed by atoms with Gasteiger partial charge in [0.05, 0.1) is 41.9 Å². The Morgan fingerprint density at radius 2 is 1.24 bits per heavy atom. The number of hydrogen-bond acceptors (Lipinski definition) is 5. The first-order valence-corrected chi connectivity index (χ1v) is 9.63. The van der Waals surface area contributed by atoms with Gasteiger partial charge < -0.3 is 5.11 Å². The maximum absolute atomic E-state index is 11.6. The van der Waals surface area contributed by atoms with E-state index < -0.39 is 5.41 Å². The molecule has 2 heterocycles. The van der Waals surface area contributed by atoms with Crippen molar-refractivity contribution in [2.75, 3.05) is 29.7 Å². The number of aliphatic hydroxyl groups excluding tert-OH is 1. The van der Waals surface area contributed by atoms with Crippen LogP contribution in [0.3, 0.4) is 0 Å². The number of rotatable bonds is 3. The van der Waals surface area contributed by atoms with E-state index in [2.05, 4.69) is 10.9 Å². The van der Waals surface area contributed by atoms with E-state index in [1.807, 2.05) is 79.5 Å². The monoisotopic (exact) mass is 396 g/mol. The van der Waals surface area contributed by atoms with Gasteiger partial charge in [-0.1, -0.05) is 36.4 Å². The molecule has 0 aliphatic carbocycles. The number of nitrogens with zero attached hydrogens (tertiary/aromatic N) is 2. The zero-order valence-electron chi connectivity index (χ0n) is 17.1. The number of hydrogen-bond donors (Lipinski definition) is 3. The summed E-state index contributed by atoms with van der Waals surface area (Å²) in [4.78, 5) is 23.1. The minimum Gasteiger partial charge on any atom is -0.395 e. The van der Waals surface area contributed by atoms with E-state index in [-0.39, 0.29) is 23.8 Å². The molecule has 7 heteroatoms. The summed E-state index contributed by atoms with van der Waals surface area (Å²) < 4.78 is 0. The number of amides is 2. The van der Waals surface area contributed by atoms with Gasteiger partial charge in [-0.15, -0.1) is 0 Å². The molecule has 2 aliphatic heterocycles. The van der Waals surface area contributed by atoms with Gasteiger partial charge in [-0.3, -0.25) is 30.5 Å². The van der Waals surface area contributed by atoms with Crippen molar-refractivity contribution in [3.8, 4) is 0 Å². The van der Waals surface area contributed by atoms with Crippen LogP contribution in [0.15, 0.2) is 60.7 Å². The topological polar surface area (TPSA) is 84.9 Å². The van der Waals surface area contributed by atoms with Crippen molar-refractivity contribution < 1.29 is 14.7 Å². The van der Waals surface area contributed by atoms with Crippen LogP contribution in [0.25, 0.3) is 0 Å². The number of carbonyl (C=O) groups excluding carboxylic acids is 2. The quantitative estimate of drug-likeness (QED) is 0.740. The maximum atomic E-state index is 11.6. The molecule has 2 aromatic carbocycles. The molecular formula is C22H28N4O3. The van der Waals surface area contributed by atoms with Gasteiger partial charge in [0.1, 0.15) is 0 Å². The third-order valence-corrected chi connectivity index (χ3v) is 5.18. The van der Waals surface area contributed by atoms with Crippen molar-refractivity contribution in [2.45, 2.75) is 20.8 Å². The molecule has 2 amide bonds. The van der Waals surface area contributed by atoms with Gasteiger partial charge in [-0.25, -0.2) is 0 Å². The number of hydrazine groups is 2. The van der Waals surface area contributed by atoms with Gasteiger partial charge in [0.15, 0.2) is 0 Å². The molecule has 0 bridgehead atoms. The average Bonchev–Trinajstić information content (AvgIpc) is 3.19. The summed E-state index contributed by atoms with van der Waals surface area (Å²) in [5.41, 5.74) is 6.57. The summed E-state index contributed by atoms with van der Waals surface area (Å²) >= 11 is 0. The average molecular weight is 396 g/mol. The highest BCUT2D eigenvalue weighted by molar-refractivity contribution is 5.88. The summed E-state index contributed by atoms with van der Waals surface area (Å²) in [7, 11) is 0. The molecule has 3 N–H and O–H groups in total. The molecule has 0 radical (unpaired) electrons. The number of para-hydroxylation sites is 2. The van der Waals surface area contributed by atoms with Gasteiger partial charge in [0, 0.05) is 0 Å². The second kappa shape index (κ2) is 8.13. The smallest absolute Gasteiger partial charge is 0.248 e. The lowest BCUT2D eigenvalue weighted by Gasteiger charge is -2.19. The van der Waals surface area contributed by atoms with E-state index in [4.69, 9.17) is 0 Å². The second-order valence-electron chi connectivity index (χ2n) is 8.33. The van der Waals surface area contributed by atoms with Crippen LogP contribution in [0.2, 0.25) is 0 Å². The lowest BCUT2D eigenvalue weighted by atomic mass is 9.92. The first-order chi connectivity index (χ1) is 13.7. The predicted molar refractivity (Wildman–Crippen MR) is 113 cm³/mol. The van der Waals surface area contributed by atoms with Crippen LogP contribution in [-0.2, 0) is 9.59 Å². The Kier molecular flexibility index (Phi) is 5.79. The summed E-state index contributed by atoms with van der Waals surface area (Å²) in [5, 5.41) is 12.8. The summed E-state index contributed by atoms with van der Waals surface area (Å²) in [6.45, 7) is 6.73. The fraction of sp³-hybridized carbons (Fsp3) is 0.364. The summed E-state index contributed by atoms with van der Waals surface area (Å²) in [6.07, 6.45) is 0. The Morgan fingerprint density at radius 1 is 0.793 bits per heavy atom. The molecule has 2 saturated heterocycles. The maximum Gasteiger partial charge on any atom is 0.248 e. The number of benzene rings is 2. The molecule has 29 heavy (non-hydrogen) atoms. The van der Waals surface area contributed by atoms with Crippen LogP contribution < -0.4 is 20.9 Å². The highest BCUT2D eigenvalue weighted by Crippen LogP contribution is 2.27. The van der Waals surface area contributed by atoms with E-state index in [0.717, 1.165) is 17.9 Å². The molecule has 7 nitrogen and oxygen atoms in total. The molecule has 0 aromatic heterocycles. The van der Waals surface area contributed by atoms with Crippen LogP contribution in [0.5, 0.6) is 0 Å². The molecule has 4 rings (SSSR count). The number of carbonyl (C=O) groups is 2. The van der Waals surface area contributed by atoms with Gasteiger partial charge in [0.2, 0.25) is 11.8 Å². The van der Waals surface area contributed by atoms with Crippen molar-refractivity contribution in [3.63, 3.8) is 0 Å². The molecule has 154 valence electrons. The number of aliphatic hydroxyl groups is 1. The second-order valence-corrected chi connectivity index (χ2v) is 8.33. The number of nitrogens with one attached hydrogen (secondary N) is 2. The Bertz CT molecular complexity index is 857. The minimum atomic E-state index is -0.699. The fourth-order valence-electron chi connectivity index (χ4n) is 3.15. The van der Waals surface area contributed by atoms with Crippen LogP contribution in [0.1, 0.15) is 20.8 Å². The van der Waals surface area contributed by atoms with Gasteiger partial charge in [0.25, 0.3) is 0 Å². The molecule has 0 spiro atoms.